The molecule has 1 aromatic heterocycles. The number of aromatic nitrogens is 1. The van der Waals surface area contributed by atoms with Crippen molar-refractivity contribution in [3.63, 3.8) is 0 Å². The number of methoxy groups -OCH3 is 3. The van der Waals surface area contributed by atoms with Gasteiger partial charge in [-0.1, -0.05) is 17.3 Å². The number of hydrogen-bond acceptors (Lipinski definition) is 6. The highest BCUT2D eigenvalue weighted by atomic mass is 32.2. The van der Waals surface area contributed by atoms with Crippen molar-refractivity contribution in [2.75, 3.05) is 21.3 Å². The summed E-state index contributed by atoms with van der Waals surface area (Å²) in [6.45, 7) is 0.125. The Hall–Kier alpha value is -2.96. The van der Waals surface area contributed by atoms with Crippen molar-refractivity contribution in [3.8, 4) is 29.6 Å². The van der Waals surface area contributed by atoms with Crippen molar-refractivity contribution in [2.45, 2.75) is 11.4 Å². The standard InChI is InChI=1S/C19H18N2O5S2/c1-5-12-21-17-15(25-3)10-11-16(26-4)18(17)27-19(21)20-28(22,23)14-8-6-13(24-2)7-9-14/h1,6-11H,12H2,2-4H3. The number of sulfonamides is 1. The molecule has 28 heavy (non-hydrogen) atoms. The molecule has 3 rings (SSSR count). The summed E-state index contributed by atoms with van der Waals surface area (Å²) in [5, 5.41) is 0. The van der Waals surface area contributed by atoms with Gasteiger partial charge in [0.2, 0.25) is 4.80 Å². The predicted octanol–water partition coefficient (Wildman–Crippen LogP) is 2.65. The topological polar surface area (TPSA) is 79.1 Å². The Labute approximate surface area is 166 Å². The first kappa shape index (κ1) is 19.8. The van der Waals surface area contributed by atoms with Crippen LogP contribution in [0.5, 0.6) is 17.2 Å². The molecule has 0 N–H and O–H groups in total. The minimum Gasteiger partial charge on any atom is -0.497 e. The highest BCUT2D eigenvalue weighted by Crippen LogP contribution is 2.35. The lowest BCUT2D eigenvalue weighted by Crippen LogP contribution is -2.17. The second-order valence-electron chi connectivity index (χ2n) is 5.56. The van der Waals surface area contributed by atoms with Crippen molar-refractivity contribution in [3.05, 3.63) is 41.2 Å². The van der Waals surface area contributed by atoms with Gasteiger partial charge in [0, 0.05) is 0 Å². The minimum absolute atomic E-state index is 0.0527. The molecule has 9 heteroatoms. The molecule has 0 saturated heterocycles. The quantitative estimate of drug-likeness (QED) is 0.575. The summed E-state index contributed by atoms with van der Waals surface area (Å²) < 4.78 is 47.9. The van der Waals surface area contributed by atoms with Gasteiger partial charge in [-0.15, -0.1) is 10.8 Å². The third-order valence-electron chi connectivity index (χ3n) is 4.00. The first-order chi connectivity index (χ1) is 13.4. The van der Waals surface area contributed by atoms with Crippen molar-refractivity contribution in [2.24, 2.45) is 4.40 Å². The molecule has 0 aliphatic rings. The molecule has 0 fully saturated rings. The number of ether oxygens (including phenoxy) is 3. The third-order valence-corrected chi connectivity index (χ3v) is 6.49. The minimum atomic E-state index is -3.96. The Bertz CT molecular complexity index is 1220. The summed E-state index contributed by atoms with van der Waals surface area (Å²) in [4.78, 5) is 0.281. The molecule has 0 unspecified atom stereocenters. The molecule has 0 aliphatic heterocycles. The Morgan fingerprint density at radius 2 is 1.68 bits per heavy atom. The number of thiazole rings is 1. The van der Waals surface area contributed by atoms with E-state index in [1.807, 2.05) is 0 Å². The second kappa shape index (κ2) is 7.96. The Morgan fingerprint density at radius 1 is 1.04 bits per heavy atom. The van der Waals surface area contributed by atoms with Crippen molar-refractivity contribution in [1.82, 2.24) is 4.57 Å². The van der Waals surface area contributed by atoms with Crippen LogP contribution < -0.4 is 19.0 Å². The number of hydrogen-bond donors (Lipinski definition) is 0. The largest absolute Gasteiger partial charge is 0.497 e. The van der Waals surface area contributed by atoms with Crippen LogP contribution in [-0.2, 0) is 16.6 Å². The third kappa shape index (κ3) is 3.56. The van der Waals surface area contributed by atoms with Gasteiger partial charge in [-0.3, -0.25) is 0 Å². The summed E-state index contributed by atoms with van der Waals surface area (Å²) in [6, 6.07) is 9.50. The van der Waals surface area contributed by atoms with Crippen LogP contribution in [0.4, 0.5) is 0 Å². The molecule has 146 valence electrons. The Morgan fingerprint density at radius 3 is 2.25 bits per heavy atom. The van der Waals surface area contributed by atoms with E-state index in [2.05, 4.69) is 10.3 Å². The Balaban J connectivity index is 2.29. The molecule has 0 amide bonds. The summed E-state index contributed by atoms with van der Waals surface area (Å²) >= 11 is 1.17. The summed E-state index contributed by atoms with van der Waals surface area (Å²) in [5.74, 6) is 4.21. The molecule has 0 radical (unpaired) electrons. The number of nitrogens with zero attached hydrogens (tertiary/aromatic N) is 2. The lowest BCUT2D eigenvalue weighted by molar-refractivity contribution is 0.409. The smallest absolute Gasteiger partial charge is 0.285 e. The van der Waals surface area contributed by atoms with E-state index in [1.54, 1.807) is 28.8 Å². The molecule has 0 bridgehead atoms. The van der Waals surface area contributed by atoms with Crippen LogP contribution in [0, 0.1) is 12.3 Å². The fourth-order valence-electron chi connectivity index (χ4n) is 2.67. The molecule has 2 aromatic carbocycles. The number of rotatable bonds is 6. The molecule has 0 aliphatic carbocycles. The van der Waals surface area contributed by atoms with Gasteiger partial charge in [-0.25, -0.2) is 0 Å². The molecule has 0 saturated carbocycles. The van der Waals surface area contributed by atoms with E-state index < -0.39 is 10.0 Å². The number of terminal acetylenes is 1. The molecular formula is C19H18N2O5S2. The average Bonchev–Trinajstić information content (AvgIpc) is 3.05. The van der Waals surface area contributed by atoms with Gasteiger partial charge in [-0.2, -0.15) is 8.42 Å². The van der Waals surface area contributed by atoms with Crippen LogP contribution in [-0.4, -0.2) is 34.3 Å². The van der Waals surface area contributed by atoms with E-state index in [1.165, 1.54) is 44.8 Å². The molecule has 3 aromatic rings. The van der Waals surface area contributed by atoms with Gasteiger partial charge in [0.15, 0.2) is 0 Å². The predicted molar refractivity (Wildman–Crippen MR) is 107 cm³/mol. The van der Waals surface area contributed by atoms with Crippen LogP contribution in [0.3, 0.4) is 0 Å². The normalized spacial score (nSPS) is 12.0. The highest BCUT2D eigenvalue weighted by Gasteiger charge is 2.18. The zero-order valence-corrected chi connectivity index (χ0v) is 17.1. The van der Waals surface area contributed by atoms with Crippen LogP contribution in [0.1, 0.15) is 0 Å². The summed E-state index contributed by atoms with van der Waals surface area (Å²) in [7, 11) is 0.622. The summed E-state index contributed by atoms with van der Waals surface area (Å²) in [6.07, 6.45) is 5.51. The van der Waals surface area contributed by atoms with Gasteiger partial charge in [0.25, 0.3) is 10.0 Å². The Kier molecular flexibility index (Phi) is 5.63. The van der Waals surface area contributed by atoms with Crippen molar-refractivity contribution < 1.29 is 22.6 Å². The SMILES string of the molecule is C#CCn1c(=NS(=O)(=O)c2ccc(OC)cc2)sc2c(OC)ccc(OC)c21. The number of fused-ring (bicyclic) bond motifs is 1. The van der Waals surface area contributed by atoms with E-state index in [0.717, 1.165) is 0 Å². The first-order valence-corrected chi connectivity index (χ1v) is 10.3. The van der Waals surface area contributed by atoms with E-state index in [-0.39, 0.29) is 16.2 Å². The number of benzene rings is 2. The zero-order valence-electron chi connectivity index (χ0n) is 15.5. The van der Waals surface area contributed by atoms with Gasteiger partial charge >= 0.3 is 0 Å². The molecule has 1 heterocycles. The maximum absolute atomic E-state index is 12.8. The van der Waals surface area contributed by atoms with Gasteiger partial charge in [0.1, 0.15) is 27.5 Å². The van der Waals surface area contributed by atoms with E-state index in [4.69, 9.17) is 20.6 Å². The van der Waals surface area contributed by atoms with Crippen LogP contribution >= 0.6 is 11.3 Å². The van der Waals surface area contributed by atoms with Crippen LogP contribution in [0.2, 0.25) is 0 Å². The van der Waals surface area contributed by atoms with Crippen molar-refractivity contribution in [1.29, 1.82) is 0 Å². The lowest BCUT2D eigenvalue weighted by atomic mass is 10.3. The van der Waals surface area contributed by atoms with Crippen LogP contribution in [0.15, 0.2) is 45.7 Å². The molecule has 0 spiro atoms. The zero-order chi connectivity index (χ0) is 20.3. The van der Waals surface area contributed by atoms with Gasteiger partial charge < -0.3 is 18.8 Å². The highest BCUT2D eigenvalue weighted by molar-refractivity contribution is 7.90. The fourth-order valence-corrected chi connectivity index (χ4v) is 5.01. The van der Waals surface area contributed by atoms with E-state index in [9.17, 15) is 8.42 Å². The van der Waals surface area contributed by atoms with E-state index >= 15 is 0 Å². The van der Waals surface area contributed by atoms with Gasteiger partial charge in [-0.05, 0) is 36.4 Å². The summed E-state index contributed by atoms with van der Waals surface area (Å²) in [5.41, 5.74) is 0.633. The molecular weight excluding hydrogens is 400 g/mol. The first-order valence-electron chi connectivity index (χ1n) is 8.08. The maximum atomic E-state index is 12.8. The maximum Gasteiger partial charge on any atom is 0.285 e. The molecule has 0 atom stereocenters. The molecule has 7 nitrogen and oxygen atoms in total. The lowest BCUT2D eigenvalue weighted by Gasteiger charge is -2.08. The van der Waals surface area contributed by atoms with Crippen molar-refractivity contribution >= 4 is 31.6 Å². The van der Waals surface area contributed by atoms with Crippen LogP contribution in [0.25, 0.3) is 10.2 Å². The van der Waals surface area contributed by atoms with E-state index in [0.29, 0.717) is 27.5 Å². The second-order valence-corrected chi connectivity index (χ2v) is 8.15. The van der Waals surface area contributed by atoms with Gasteiger partial charge in [0.05, 0.1) is 32.8 Å². The average molecular weight is 418 g/mol. The monoisotopic (exact) mass is 418 g/mol. The fraction of sp³-hybridized carbons (Fsp3) is 0.211.